The van der Waals surface area contributed by atoms with Gasteiger partial charge in [0.2, 0.25) is 0 Å². The molecule has 4 nitrogen and oxygen atoms in total. The Bertz CT molecular complexity index is 812. The molecule has 0 fully saturated rings. The van der Waals surface area contributed by atoms with Crippen molar-refractivity contribution in [1.29, 1.82) is 0 Å². The molecule has 0 radical (unpaired) electrons. The van der Waals surface area contributed by atoms with Crippen LogP contribution in [0.15, 0.2) is 41.4 Å². The predicted octanol–water partition coefficient (Wildman–Crippen LogP) is 5.14. The van der Waals surface area contributed by atoms with Crippen molar-refractivity contribution in [3.8, 4) is 0 Å². The zero-order valence-electron chi connectivity index (χ0n) is 16.5. The van der Waals surface area contributed by atoms with Crippen molar-refractivity contribution in [2.45, 2.75) is 40.7 Å². The monoisotopic (exact) mass is 352 g/mol. The van der Waals surface area contributed by atoms with Gasteiger partial charge in [-0.25, -0.2) is 9.79 Å². The van der Waals surface area contributed by atoms with E-state index in [-0.39, 0.29) is 12.1 Å². The molecule has 0 bridgehead atoms. The molecule has 0 aliphatic heterocycles. The highest BCUT2D eigenvalue weighted by molar-refractivity contribution is 5.92. The maximum absolute atomic E-state index is 12.6. The summed E-state index contributed by atoms with van der Waals surface area (Å²) in [5, 5.41) is 0. The molecule has 2 aromatic rings. The van der Waals surface area contributed by atoms with Crippen LogP contribution in [-0.4, -0.2) is 30.8 Å². The summed E-state index contributed by atoms with van der Waals surface area (Å²) in [5.74, 6) is -0.305. The van der Waals surface area contributed by atoms with Gasteiger partial charge in [-0.05, 0) is 63.4 Å². The highest BCUT2D eigenvalue weighted by atomic mass is 16.5. The van der Waals surface area contributed by atoms with E-state index in [0.717, 1.165) is 34.5 Å². The minimum Gasteiger partial charge on any atom is -0.454 e. The molecular formula is C22H28N2O2. The molecular weight excluding hydrogens is 324 g/mol. The molecule has 0 spiro atoms. The highest BCUT2D eigenvalue weighted by Crippen LogP contribution is 2.26. The standard InChI is InChI=1S/C22H28N2O2/c1-7-24(6)14-23-21-13-16(3)20(12-17(21)4)22(25)26-18(5)19-10-8-9-15(2)11-19/h8-14,18H,7H2,1-6H3. The van der Waals surface area contributed by atoms with E-state index in [2.05, 4.69) is 11.9 Å². The van der Waals surface area contributed by atoms with Crippen molar-refractivity contribution in [3.63, 3.8) is 0 Å². The number of nitrogens with zero attached hydrogens (tertiary/aromatic N) is 2. The Hall–Kier alpha value is -2.62. The highest BCUT2D eigenvalue weighted by Gasteiger charge is 2.17. The number of aliphatic imine (C=N–C) groups is 1. The second-order valence-electron chi connectivity index (χ2n) is 6.73. The SMILES string of the molecule is CCN(C)C=Nc1cc(C)c(C(=O)OC(C)c2cccc(C)c2)cc1C. The van der Waals surface area contributed by atoms with E-state index in [1.165, 1.54) is 0 Å². The Balaban J connectivity index is 2.19. The maximum Gasteiger partial charge on any atom is 0.339 e. The van der Waals surface area contributed by atoms with E-state index >= 15 is 0 Å². The largest absolute Gasteiger partial charge is 0.454 e. The zero-order valence-corrected chi connectivity index (χ0v) is 16.5. The third-order valence-corrected chi connectivity index (χ3v) is 4.45. The van der Waals surface area contributed by atoms with Gasteiger partial charge in [0.05, 0.1) is 17.6 Å². The average molecular weight is 352 g/mol. The molecule has 0 aliphatic carbocycles. The molecule has 2 aromatic carbocycles. The van der Waals surface area contributed by atoms with E-state index in [0.29, 0.717) is 5.56 Å². The molecule has 1 unspecified atom stereocenters. The molecule has 0 saturated heterocycles. The van der Waals surface area contributed by atoms with Gasteiger partial charge >= 0.3 is 5.97 Å². The molecule has 138 valence electrons. The van der Waals surface area contributed by atoms with Crippen molar-refractivity contribution in [2.24, 2.45) is 4.99 Å². The summed E-state index contributed by atoms with van der Waals surface area (Å²) in [6.45, 7) is 10.8. The van der Waals surface area contributed by atoms with Crippen LogP contribution >= 0.6 is 0 Å². The van der Waals surface area contributed by atoms with E-state index in [1.807, 2.05) is 76.0 Å². The van der Waals surface area contributed by atoms with E-state index in [9.17, 15) is 4.79 Å². The lowest BCUT2D eigenvalue weighted by Gasteiger charge is -2.16. The van der Waals surface area contributed by atoms with Crippen LogP contribution in [0.4, 0.5) is 5.69 Å². The van der Waals surface area contributed by atoms with Gasteiger partial charge < -0.3 is 9.64 Å². The molecule has 1 atom stereocenters. The first-order valence-electron chi connectivity index (χ1n) is 8.95. The van der Waals surface area contributed by atoms with Gasteiger partial charge in [0.1, 0.15) is 6.10 Å². The number of ether oxygens (including phenoxy) is 1. The summed E-state index contributed by atoms with van der Waals surface area (Å²) in [6.07, 6.45) is 1.51. The average Bonchev–Trinajstić information content (AvgIpc) is 2.61. The molecule has 0 N–H and O–H groups in total. The van der Waals surface area contributed by atoms with Crippen LogP contribution in [0, 0.1) is 20.8 Å². The smallest absolute Gasteiger partial charge is 0.339 e. The molecule has 4 heteroatoms. The number of hydrogen-bond donors (Lipinski definition) is 0. The van der Waals surface area contributed by atoms with Crippen molar-refractivity contribution in [3.05, 3.63) is 64.2 Å². The van der Waals surface area contributed by atoms with E-state index in [1.54, 1.807) is 6.34 Å². The van der Waals surface area contributed by atoms with E-state index in [4.69, 9.17) is 4.74 Å². The molecule has 0 saturated carbocycles. The van der Waals surface area contributed by atoms with Gasteiger partial charge in [-0.1, -0.05) is 29.8 Å². The number of aryl methyl sites for hydroxylation is 3. The van der Waals surface area contributed by atoms with Crippen molar-refractivity contribution >= 4 is 18.0 Å². The zero-order chi connectivity index (χ0) is 19.3. The van der Waals surface area contributed by atoms with Crippen LogP contribution in [0.5, 0.6) is 0 Å². The lowest BCUT2D eigenvalue weighted by Crippen LogP contribution is -2.14. The molecule has 0 amide bonds. The first kappa shape index (κ1) is 19.7. The number of carbonyl (C=O) groups is 1. The van der Waals surface area contributed by atoms with Gasteiger partial charge in [0.15, 0.2) is 0 Å². The summed E-state index contributed by atoms with van der Waals surface area (Å²) in [5.41, 5.74) is 5.42. The summed E-state index contributed by atoms with van der Waals surface area (Å²) < 4.78 is 5.68. The molecule has 0 aliphatic rings. The molecule has 26 heavy (non-hydrogen) atoms. The second-order valence-corrected chi connectivity index (χ2v) is 6.73. The lowest BCUT2D eigenvalue weighted by atomic mass is 10.0. The number of esters is 1. The maximum atomic E-state index is 12.6. The Labute approximate surface area is 156 Å². The number of carbonyl (C=O) groups excluding carboxylic acids is 1. The predicted molar refractivity (Wildman–Crippen MR) is 107 cm³/mol. The Morgan fingerprint density at radius 2 is 1.92 bits per heavy atom. The van der Waals surface area contributed by atoms with Crippen LogP contribution in [0.3, 0.4) is 0 Å². The minimum absolute atomic E-state index is 0.294. The Kier molecular flexibility index (Phi) is 6.56. The van der Waals surface area contributed by atoms with Crippen LogP contribution in [0.2, 0.25) is 0 Å². The third-order valence-electron chi connectivity index (χ3n) is 4.45. The van der Waals surface area contributed by atoms with Gasteiger partial charge in [-0.2, -0.15) is 0 Å². The first-order valence-corrected chi connectivity index (χ1v) is 8.95. The molecule has 0 heterocycles. The summed E-state index contributed by atoms with van der Waals surface area (Å²) >= 11 is 0. The Morgan fingerprint density at radius 1 is 1.19 bits per heavy atom. The first-order chi connectivity index (χ1) is 12.3. The topological polar surface area (TPSA) is 41.9 Å². The summed E-state index contributed by atoms with van der Waals surface area (Å²) in [7, 11) is 1.98. The van der Waals surface area contributed by atoms with Gasteiger partial charge in [0, 0.05) is 13.6 Å². The van der Waals surface area contributed by atoms with Crippen LogP contribution < -0.4 is 0 Å². The molecule has 2 rings (SSSR count). The third kappa shape index (κ3) is 4.94. The summed E-state index contributed by atoms with van der Waals surface area (Å²) in [4.78, 5) is 19.1. The lowest BCUT2D eigenvalue weighted by molar-refractivity contribution is 0.0337. The van der Waals surface area contributed by atoms with Crippen LogP contribution in [-0.2, 0) is 4.74 Å². The van der Waals surface area contributed by atoms with Gasteiger partial charge in [-0.3, -0.25) is 0 Å². The Morgan fingerprint density at radius 3 is 2.58 bits per heavy atom. The fourth-order valence-corrected chi connectivity index (χ4v) is 2.62. The van der Waals surface area contributed by atoms with Crippen molar-refractivity contribution in [2.75, 3.05) is 13.6 Å². The fraction of sp³-hybridized carbons (Fsp3) is 0.364. The van der Waals surface area contributed by atoms with Gasteiger partial charge in [-0.15, -0.1) is 0 Å². The minimum atomic E-state index is -0.305. The second kappa shape index (κ2) is 8.65. The van der Waals surface area contributed by atoms with E-state index < -0.39 is 0 Å². The fourth-order valence-electron chi connectivity index (χ4n) is 2.62. The molecule has 0 aromatic heterocycles. The van der Waals surface area contributed by atoms with Crippen LogP contribution in [0.25, 0.3) is 0 Å². The number of rotatable bonds is 6. The summed E-state index contributed by atoms with van der Waals surface area (Å²) in [6, 6.07) is 11.8. The number of hydrogen-bond acceptors (Lipinski definition) is 3. The number of benzene rings is 2. The quantitative estimate of drug-likeness (QED) is 0.410. The van der Waals surface area contributed by atoms with Crippen molar-refractivity contribution < 1.29 is 9.53 Å². The normalized spacial score (nSPS) is 12.2. The van der Waals surface area contributed by atoms with Gasteiger partial charge in [0.25, 0.3) is 0 Å². The van der Waals surface area contributed by atoms with Crippen LogP contribution in [0.1, 0.15) is 52.6 Å². The van der Waals surface area contributed by atoms with Crippen molar-refractivity contribution in [1.82, 2.24) is 4.90 Å².